The van der Waals surface area contributed by atoms with Crippen molar-refractivity contribution in [2.45, 2.75) is 32.0 Å². The highest BCUT2D eigenvalue weighted by Gasteiger charge is 2.19. The maximum atomic E-state index is 10.8. The summed E-state index contributed by atoms with van der Waals surface area (Å²) in [6.07, 6.45) is -1.17. The topological polar surface area (TPSA) is 57.5 Å². The molecule has 1 aromatic rings. The van der Waals surface area contributed by atoms with Gasteiger partial charge < -0.3 is 10.2 Å². The molecule has 1 aromatic carbocycles. The predicted octanol–water partition coefficient (Wildman–Crippen LogP) is 0.930. The highest BCUT2D eigenvalue weighted by Crippen LogP contribution is 2.07. The number of aliphatic hydroxyl groups is 2. The van der Waals surface area contributed by atoms with Crippen LogP contribution in [0.15, 0.2) is 30.3 Å². The number of carbonyl (C=O) groups excluding carboxylic acids is 1. The van der Waals surface area contributed by atoms with Crippen LogP contribution < -0.4 is 0 Å². The van der Waals surface area contributed by atoms with E-state index in [1.807, 2.05) is 30.3 Å². The number of hydrogen-bond donors (Lipinski definition) is 2. The van der Waals surface area contributed by atoms with Crippen LogP contribution in [0, 0.1) is 0 Å². The molecule has 0 spiro atoms. The van der Waals surface area contributed by atoms with Crippen molar-refractivity contribution in [2.75, 3.05) is 0 Å². The molecule has 0 aliphatic rings. The molecule has 2 atom stereocenters. The van der Waals surface area contributed by atoms with E-state index in [0.717, 1.165) is 5.56 Å². The van der Waals surface area contributed by atoms with E-state index in [0.29, 0.717) is 12.8 Å². The third-order valence-electron chi connectivity index (χ3n) is 2.35. The Labute approximate surface area is 89.4 Å². The molecule has 0 saturated heterocycles. The van der Waals surface area contributed by atoms with E-state index in [4.69, 9.17) is 0 Å². The molecule has 0 bridgehead atoms. The minimum atomic E-state index is -1.26. The average molecular weight is 208 g/mol. The molecule has 2 N–H and O–H groups in total. The van der Waals surface area contributed by atoms with Gasteiger partial charge in [-0.1, -0.05) is 30.3 Å². The molecule has 15 heavy (non-hydrogen) atoms. The van der Waals surface area contributed by atoms with Crippen molar-refractivity contribution in [3.63, 3.8) is 0 Å². The molecular weight excluding hydrogens is 192 g/mol. The van der Waals surface area contributed by atoms with E-state index >= 15 is 0 Å². The van der Waals surface area contributed by atoms with Crippen LogP contribution in [0.4, 0.5) is 0 Å². The molecule has 0 amide bonds. The van der Waals surface area contributed by atoms with Gasteiger partial charge in [-0.25, -0.2) is 0 Å². The zero-order valence-electron chi connectivity index (χ0n) is 8.76. The molecule has 0 aliphatic heterocycles. The fourth-order valence-corrected chi connectivity index (χ4v) is 1.39. The van der Waals surface area contributed by atoms with Crippen LogP contribution in [0.2, 0.25) is 0 Å². The summed E-state index contributed by atoms with van der Waals surface area (Å²) in [6, 6.07) is 9.66. The summed E-state index contributed by atoms with van der Waals surface area (Å²) < 4.78 is 0. The SMILES string of the molecule is CC(=O)C(O)C(O)CCc1ccccc1. The highest BCUT2D eigenvalue weighted by molar-refractivity contribution is 5.80. The second kappa shape index (κ2) is 5.63. The monoisotopic (exact) mass is 208 g/mol. The van der Waals surface area contributed by atoms with E-state index in [-0.39, 0.29) is 0 Å². The second-order valence-corrected chi connectivity index (χ2v) is 3.65. The maximum Gasteiger partial charge on any atom is 0.160 e. The van der Waals surface area contributed by atoms with Gasteiger partial charge in [0.05, 0.1) is 6.10 Å². The average Bonchev–Trinajstić information content (AvgIpc) is 2.26. The normalized spacial score (nSPS) is 14.6. The highest BCUT2D eigenvalue weighted by atomic mass is 16.3. The summed E-state index contributed by atoms with van der Waals surface area (Å²) in [6.45, 7) is 1.27. The third-order valence-corrected chi connectivity index (χ3v) is 2.35. The van der Waals surface area contributed by atoms with Gasteiger partial charge in [-0.3, -0.25) is 4.79 Å². The van der Waals surface area contributed by atoms with Crippen LogP contribution in [0.1, 0.15) is 18.9 Å². The van der Waals surface area contributed by atoms with Crippen molar-refractivity contribution >= 4 is 5.78 Å². The number of aryl methyl sites for hydroxylation is 1. The molecule has 0 fully saturated rings. The van der Waals surface area contributed by atoms with Gasteiger partial charge in [0.2, 0.25) is 0 Å². The van der Waals surface area contributed by atoms with E-state index in [9.17, 15) is 15.0 Å². The van der Waals surface area contributed by atoms with Crippen LogP contribution in [0.3, 0.4) is 0 Å². The van der Waals surface area contributed by atoms with Gasteiger partial charge in [0.15, 0.2) is 5.78 Å². The lowest BCUT2D eigenvalue weighted by Crippen LogP contribution is -2.32. The van der Waals surface area contributed by atoms with Crippen molar-refractivity contribution in [1.29, 1.82) is 0 Å². The fourth-order valence-electron chi connectivity index (χ4n) is 1.39. The molecule has 3 nitrogen and oxygen atoms in total. The van der Waals surface area contributed by atoms with Crippen molar-refractivity contribution in [2.24, 2.45) is 0 Å². The molecule has 0 radical (unpaired) electrons. The van der Waals surface area contributed by atoms with Crippen molar-refractivity contribution in [3.8, 4) is 0 Å². The summed E-state index contributed by atoms with van der Waals surface area (Å²) in [5.41, 5.74) is 1.09. The van der Waals surface area contributed by atoms with Gasteiger partial charge in [0.25, 0.3) is 0 Å². The van der Waals surface area contributed by atoms with Crippen LogP contribution >= 0.6 is 0 Å². The Kier molecular flexibility index (Phi) is 4.46. The standard InChI is InChI=1S/C12H16O3/c1-9(13)12(15)11(14)8-7-10-5-3-2-4-6-10/h2-6,11-12,14-15H,7-8H2,1H3. The van der Waals surface area contributed by atoms with Crippen molar-refractivity contribution in [3.05, 3.63) is 35.9 Å². The first-order chi connectivity index (χ1) is 7.11. The molecular formula is C12H16O3. The zero-order chi connectivity index (χ0) is 11.3. The first-order valence-electron chi connectivity index (χ1n) is 5.02. The molecule has 2 unspecified atom stereocenters. The van der Waals surface area contributed by atoms with Crippen LogP contribution in [-0.2, 0) is 11.2 Å². The first-order valence-corrected chi connectivity index (χ1v) is 5.02. The van der Waals surface area contributed by atoms with Gasteiger partial charge in [0.1, 0.15) is 6.10 Å². The second-order valence-electron chi connectivity index (χ2n) is 3.65. The van der Waals surface area contributed by atoms with Gasteiger partial charge in [0, 0.05) is 0 Å². The predicted molar refractivity (Wildman–Crippen MR) is 57.5 cm³/mol. The molecule has 1 rings (SSSR count). The lowest BCUT2D eigenvalue weighted by Gasteiger charge is -2.14. The van der Waals surface area contributed by atoms with Crippen LogP contribution in [0.5, 0.6) is 0 Å². The minimum absolute atomic E-state index is 0.393. The molecule has 0 aromatic heterocycles. The number of rotatable bonds is 5. The lowest BCUT2D eigenvalue weighted by molar-refractivity contribution is -0.130. The minimum Gasteiger partial charge on any atom is -0.390 e. The van der Waals surface area contributed by atoms with E-state index in [2.05, 4.69) is 0 Å². The van der Waals surface area contributed by atoms with Gasteiger partial charge in [-0.2, -0.15) is 0 Å². The van der Waals surface area contributed by atoms with Crippen LogP contribution in [-0.4, -0.2) is 28.2 Å². The quantitative estimate of drug-likeness (QED) is 0.756. The van der Waals surface area contributed by atoms with Gasteiger partial charge >= 0.3 is 0 Å². The molecule has 82 valence electrons. The van der Waals surface area contributed by atoms with Crippen molar-refractivity contribution < 1.29 is 15.0 Å². The number of hydrogen-bond acceptors (Lipinski definition) is 3. The Hall–Kier alpha value is -1.19. The summed E-state index contributed by atoms with van der Waals surface area (Å²) in [5, 5.41) is 18.8. The van der Waals surface area contributed by atoms with E-state index < -0.39 is 18.0 Å². The summed E-state index contributed by atoms with van der Waals surface area (Å²) in [4.78, 5) is 10.8. The largest absolute Gasteiger partial charge is 0.390 e. The zero-order valence-corrected chi connectivity index (χ0v) is 8.76. The van der Waals surface area contributed by atoms with Crippen molar-refractivity contribution in [1.82, 2.24) is 0 Å². The number of aliphatic hydroxyl groups excluding tert-OH is 2. The summed E-state index contributed by atoms with van der Waals surface area (Å²) >= 11 is 0. The molecule has 3 heteroatoms. The molecule has 0 aliphatic carbocycles. The summed E-state index contributed by atoms with van der Waals surface area (Å²) in [5.74, 6) is -0.393. The fraction of sp³-hybridized carbons (Fsp3) is 0.417. The van der Waals surface area contributed by atoms with Crippen LogP contribution in [0.25, 0.3) is 0 Å². The summed E-state index contributed by atoms with van der Waals surface area (Å²) in [7, 11) is 0. The Morgan fingerprint density at radius 3 is 2.40 bits per heavy atom. The number of ketones is 1. The number of benzene rings is 1. The maximum absolute atomic E-state index is 10.8. The van der Waals surface area contributed by atoms with E-state index in [1.165, 1.54) is 6.92 Å². The van der Waals surface area contributed by atoms with Gasteiger partial charge in [-0.05, 0) is 25.3 Å². The lowest BCUT2D eigenvalue weighted by atomic mass is 10.0. The molecule has 0 heterocycles. The first kappa shape index (κ1) is 11.9. The van der Waals surface area contributed by atoms with E-state index in [1.54, 1.807) is 0 Å². The van der Waals surface area contributed by atoms with Gasteiger partial charge in [-0.15, -0.1) is 0 Å². The Morgan fingerprint density at radius 2 is 1.87 bits per heavy atom. The third kappa shape index (κ3) is 3.81. The number of Topliss-reactive ketones (excluding diaryl/α,β-unsaturated/α-hetero) is 1. The Balaban J connectivity index is 2.41. The number of carbonyl (C=O) groups is 1. The Bertz CT molecular complexity index is 308. The molecule has 0 saturated carbocycles. The Morgan fingerprint density at radius 1 is 1.27 bits per heavy atom. The smallest absolute Gasteiger partial charge is 0.160 e.